The molecular formula is C16H16N4O4S. The minimum absolute atomic E-state index is 0.103. The van der Waals surface area contributed by atoms with Gasteiger partial charge in [-0.3, -0.25) is 19.7 Å². The predicted octanol–water partition coefficient (Wildman–Crippen LogP) is 2.66. The van der Waals surface area contributed by atoms with Gasteiger partial charge in [0.25, 0.3) is 0 Å². The lowest BCUT2D eigenvalue weighted by Crippen LogP contribution is -2.28. The van der Waals surface area contributed by atoms with Crippen LogP contribution >= 0.6 is 11.3 Å². The highest BCUT2D eigenvalue weighted by Gasteiger charge is 2.35. The van der Waals surface area contributed by atoms with Gasteiger partial charge in [-0.05, 0) is 48.4 Å². The Hall–Kier alpha value is -2.81. The minimum Gasteiger partial charge on any atom is -0.312 e. The van der Waals surface area contributed by atoms with Crippen molar-refractivity contribution in [3.05, 3.63) is 45.6 Å². The lowest BCUT2D eigenvalue weighted by Gasteiger charge is -2.17. The molecule has 2 amide bonds. The Bertz CT molecular complexity index is 864. The summed E-state index contributed by atoms with van der Waals surface area (Å²) in [6.07, 6.45) is 1.20. The molecule has 0 bridgehead atoms. The second kappa shape index (κ2) is 6.60. The maximum Gasteiger partial charge on any atom is 0.345 e. The van der Waals surface area contributed by atoms with Gasteiger partial charge in [-0.25, -0.2) is 4.98 Å². The molecule has 0 saturated carbocycles. The summed E-state index contributed by atoms with van der Waals surface area (Å²) in [6, 6.07) is 5.74. The molecule has 1 atom stereocenters. The van der Waals surface area contributed by atoms with Crippen LogP contribution in [0.15, 0.2) is 24.4 Å². The maximum atomic E-state index is 12.3. The van der Waals surface area contributed by atoms with Crippen molar-refractivity contribution in [2.75, 3.05) is 16.8 Å². The minimum atomic E-state index is -0.562. The van der Waals surface area contributed by atoms with Crippen molar-refractivity contribution in [2.45, 2.75) is 20.3 Å². The zero-order chi connectivity index (χ0) is 18.1. The molecule has 1 aliphatic heterocycles. The molecule has 0 unspecified atom stereocenters. The van der Waals surface area contributed by atoms with Gasteiger partial charge in [0.15, 0.2) is 5.13 Å². The molecule has 1 fully saturated rings. The van der Waals surface area contributed by atoms with Crippen molar-refractivity contribution in [3.63, 3.8) is 0 Å². The van der Waals surface area contributed by atoms with E-state index in [2.05, 4.69) is 10.3 Å². The summed E-state index contributed by atoms with van der Waals surface area (Å²) in [5, 5.41) is 13.2. The van der Waals surface area contributed by atoms with Crippen molar-refractivity contribution in [1.29, 1.82) is 0 Å². The maximum absolute atomic E-state index is 12.3. The third-order valence-corrected chi connectivity index (χ3v) is 5.07. The van der Waals surface area contributed by atoms with Crippen LogP contribution in [0.4, 0.5) is 15.8 Å². The fraction of sp³-hybridized carbons (Fsp3) is 0.312. The first-order chi connectivity index (χ1) is 11.8. The summed E-state index contributed by atoms with van der Waals surface area (Å²) in [4.78, 5) is 40.1. The Morgan fingerprint density at radius 2 is 2.16 bits per heavy atom. The van der Waals surface area contributed by atoms with Gasteiger partial charge in [0.1, 0.15) is 6.20 Å². The van der Waals surface area contributed by atoms with Crippen LogP contribution in [-0.4, -0.2) is 28.3 Å². The van der Waals surface area contributed by atoms with Gasteiger partial charge in [-0.15, -0.1) is 0 Å². The first-order valence-electron chi connectivity index (χ1n) is 7.64. The van der Waals surface area contributed by atoms with Gasteiger partial charge in [0, 0.05) is 18.7 Å². The van der Waals surface area contributed by atoms with Crippen LogP contribution < -0.4 is 10.2 Å². The molecule has 1 N–H and O–H groups in total. The number of thiazole rings is 1. The van der Waals surface area contributed by atoms with Crippen molar-refractivity contribution in [1.82, 2.24) is 4.98 Å². The molecule has 25 heavy (non-hydrogen) atoms. The van der Waals surface area contributed by atoms with Crippen LogP contribution in [0.25, 0.3) is 0 Å². The smallest absolute Gasteiger partial charge is 0.312 e. The van der Waals surface area contributed by atoms with E-state index in [1.165, 1.54) is 0 Å². The topological polar surface area (TPSA) is 105 Å². The van der Waals surface area contributed by atoms with E-state index in [1.807, 2.05) is 32.0 Å². The number of nitrogens with one attached hydrogen (secondary N) is 1. The molecule has 0 radical (unpaired) electrons. The number of carbonyl (C=O) groups excluding carboxylic acids is 2. The Morgan fingerprint density at radius 3 is 2.80 bits per heavy atom. The fourth-order valence-electron chi connectivity index (χ4n) is 2.64. The van der Waals surface area contributed by atoms with Crippen molar-refractivity contribution in [2.24, 2.45) is 5.92 Å². The molecule has 0 spiro atoms. The highest BCUT2D eigenvalue weighted by Crippen LogP contribution is 2.29. The van der Waals surface area contributed by atoms with E-state index < -0.39 is 10.8 Å². The molecule has 2 aromatic rings. The normalized spacial score (nSPS) is 17.0. The zero-order valence-electron chi connectivity index (χ0n) is 13.7. The SMILES string of the molecule is Cc1ccc(N2C[C@H](C(=O)Nc3ncc([N+](=O)[O-])s3)CC2=O)cc1C. The number of anilines is 2. The summed E-state index contributed by atoms with van der Waals surface area (Å²) in [6.45, 7) is 4.24. The van der Waals surface area contributed by atoms with Gasteiger partial charge in [0.2, 0.25) is 11.8 Å². The molecule has 1 aromatic heterocycles. The summed E-state index contributed by atoms with van der Waals surface area (Å²) < 4.78 is 0. The van der Waals surface area contributed by atoms with E-state index >= 15 is 0 Å². The van der Waals surface area contributed by atoms with Crippen LogP contribution in [-0.2, 0) is 9.59 Å². The van der Waals surface area contributed by atoms with Crippen LogP contribution in [0.3, 0.4) is 0 Å². The molecule has 130 valence electrons. The van der Waals surface area contributed by atoms with Gasteiger partial charge in [-0.1, -0.05) is 6.07 Å². The van der Waals surface area contributed by atoms with Crippen molar-refractivity contribution >= 4 is 39.0 Å². The van der Waals surface area contributed by atoms with Gasteiger partial charge in [-0.2, -0.15) is 0 Å². The number of benzene rings is 1. The molecule has 1 aliphatic rings. The van der Waals surface area contributed by atoms with Gasteiger partial charge in [0.05, 0.1) is 10.8 Å². The summed E-state index contributed by atoms with van der Waals surface area (Å²) in [5.74, 6) is -0.991. The third-order valence-electron chi connectivity index (χ3n) is 4.20. The third kappa shape index (κ3) is 3.50. The summed E-state index contributed by atoms with van der Waals surface area (Å²) in [7, 11) is 0. The molecule has 1 aromatic carbocycles. The average molecular weight is 360 g/mol. The fourth-order valence-corrected chi connectivity index (χ4v) is 3.28. The van der Waals surface area contributed by atoms with Gasteiger partial charge < -0.3 is 10.2 Å². The number of hydrogen-bond acceptors (Lipinski definition) is 6. The van der Waals surface area contributed by atoms with Crippen LogP contribution in [0.1, 0.15) is 17.5 Å². The standard InChI is InChI=1S/C16H16N4O4S/c1-9-3-4-12(5-10(9)2)19-8-11(6-13(19)21)15(22)18-16-17-7-14(25-16)20(23)24/h3-5,7,11H,6,8H2,1-2H3,(H,17,18,22)/t11-/m1/s1. The lowest BCUT2D eigenvalue weighted by atomic mass is 10.1. The number of nitrogens with zero attached hydrogens (tertiary/aromatic N) is 3. The molecule has 0 aliphatic carbocycles. The Kier molecular flexibility index (Phi) is 4.49. The second-order valence-electron chi connectivity index (χ2n) is 5.92. The van der Waals surface area contributed by atoms with Crippen LogP contribution in [0.5, 0.6) is 0 Å². The monoisotopic (exact) mass is 360 g/mol. The zero-order valence-corrected chi connectivity index (χ0v) is 14.5. The highest BCUT2D eigenvalue weighted by molar-refractivity contribution is 7.18. The second-order valence-corrected chi connectivity index (χ2v) is 6.93. The number of carbonyl (C=O) groups is 2. The number of amides is 2. The molecule has 3 rings (SSSR count). The van der Waals surface area contributed by atoms with Crippen LogP contribution in [0, 0.1) is 29.9 Å². The predicted molar refractivity (Wildman–Crippen MR) is 93.8 cm³/mol. The number of hydrogen-bond donors (Lipinski definition) is 1. The van der Waals surface area contributed by atoms with E-state index in [0.29, 0.717) is 0 Å². The quantitative estimate of drug-likeness (QED) is 0.666. The molecule has 9 heteroatoms. The first kappa shape index (κ1) is 17.0. The summed E-state index contributed by atoms with van der Waals surface area (Å²) in [5.41, 5.74) is 2.98. The Labute approximate surface area is 147 Å². The Morgan fingerprint density at radius 1 is 1.40 bits per heavy atom. The van der Waals surface area contributed by atoms with Gasteiger partial charge >= 0.3 is 5.00 Å². The average Bonchev–Trinajstić information content (AvgIpc) is 3.17. The van der Waals surface area contributed by atoms with Crippen LogP contribution in [0.2, 0.25) is 0 Å². The molecular weight excluding hydrogens is 344 g/mol. The summed E-state index contributed by atoms with van der Waals surface area (Å²) >= 11 is 0.789. The first-order valence-corrected chi connectivity index (χ1v) is 8.45. The van der Waals surface area contributed by atoms with E-state index in [0.717, 1.165) is 34.3 Å². The number of aryl methyl sites for hydroxylation is 2. The van der Waals surface area contributed by atoms with E-state index in [-0.39, 0.29) is 34.9 Å². The number of nitro groups is 1. The number of aromatic nitrogens is 1. The molecule has 2 heterocycles. The molecule has 8 nitrogen and oxygen atoms in total. The van der Waals surface area contributed by atoms with E-state index in [4.69, 9.17) is 0 Å². The largest absolute Gasteiger partial charge is 0.345 e. The lowest BCUT2D eigenvalue weighted by molar-refractivity contribution is -0.380. The van der Waals surface area contributed by atoms with Crippen molar-refractivity contribution in [3.8, 4) is 0 Å². The van der Waals surface area contributed by atoms with E-state index in [1.54, 1.807) is 4.90 Å². The number of rotatable bonds is 4. The Balaban J connectivity index is 1.69. The van der Waals surface area contributed by atoms with Crippen molar-refractivity contribution < 1.29 is 14.5 Å². The van der Waals surface area contributed by atoms with E-state index in [9.17, 15) is 19.7 Å². The highest BCUT2D eigenvalue weighted by atomic mass is 32.1. The molecule has 1 saturated heterocycles.